The summed E-state index contributed by atoms with van der Waals surface area (Å²) in [6, 6.07) is 0. The third-order valence-electron chi connectivity index (χ3n) is 3.60. The van der Waals surface area contributed by atoms with Crippen molar-refractivity contribution in [3.05, 3.63) is 24.3 Å². The van der Waals surface area contributed by atoms with Crippen molar-refractivity contribution >= 4 is 10.1 Å². The summed E-state index contributed by atoms with van der Waals surface area (Å²) in [5.74, 6) is -0.0955. The van der Waals surface area contributed by atoms with Gasteiger partial charge in [0.1, 0.15) is 0 Å². The fourth-order valence-electron chi connectivity index (χ4n) is 2.27. The topological polar surface area (TPSA) is 54.4 Å². The lowest BCUT2D eigenvalue weighted by atomic mass is 10.1. The van der Waals surface area contributed by atoms with Gasteiger partial charge in [0.05, 0.1) is 5.75 Å². The van der Waals surface area contributed by atoms with Gasteiger partial charge in [0.15, 0.2) is 0 Å². The third-order valence-corrected chi connectivity index (χ3v) is 4.41. The zero-order valence-electron chi connectivity index (χ0n) is 14.2. The first-order valence-electron chi connectivity index (χ1n) is 8.81. The maximum atomic E-state index is 10.5. The van der Waals surface area contributed by atoms with E-state index in [-0.39, 0.29) is 5.75 Å². The minimum atomic E-state index is -3.76. The summed E-state index contributed by atoms with van der Waals surface area (Å²) >= 11 is 0. The Hall–Kier alpha value is -0.610. The standard InChI is InChI=1S/C18H34O3S/c1-2-3-4-5-6-7-8-9-10-11-12-13-14-15-16-17-18-22(19,20)21/h6-7,9-10H,2-5,8,11-18H2,1H3,(H,19,20,21). The normalized spacial score (nSPS) is 12.6. The van der Waals surface area contributed by atoms with Gasteiger partial charge in [-0.3, -0.25) is 4.55 Å². The van der Waals surface area contributed by atoms with Gasteiger partial charge in [-0.25, -0.2) is 0 Å². The molecule has 0 saturated heterocycles. The van der Waals surface area contributed by atoms with Gasteiger partial charge in [-0.05, 0) is 38.5 Å². The molecule has 0 aromatic rings. The second-order valence-corrected chi connectivity index (χ2v) is 7.44. The van der Waals surface area contributed by atoms with Crippen LogP contribution in [-0.2, 0) is 10.1 Å². The van der Waals surface area contributed by atoms with Crippen LogP contribution in [0.1, 0.15) is 84.0 Å². The van der Waals surface area contributed by atoms with Crippen molar-refractivity contribution < 1.29 is 13.0 Å². The molecule has 22 heavy (non-hydrogen) atoms. The zero-order chi connectivity index (χ0) is 16.5. The van der Waals surface area contributed by atoms with Crippen LogP contribution in [0, 0.1) is 0 Å². The Bertz CT molecular complexity index is 383. The number of unbranched alkanes of at least 4 members (excludes halogenated alkanes) is 9. The Labute approximate surface area is 137 Å². The van der Waals surface area contributed by atoms with E-state index in [0.29, 0.717) is 6.42 Å². The molecule has 0 aromatic heterocycles. The molecule has 4 heteroatoms. The first-order chi connectivity index (χ1) is 10.6. The van der Waals surface area contributed by atoms with Crippen LogP contribution in [0.5, 0.6) is 0 Å². The zero-order valence-corrected chi connectivity index (χ0v) is 15.0. The molecular weight excluding hydrogens is 296 g/mol. The SMILES string of the molecule is CCCCCC=CCC=CCCCCCCCCS(=O)(=O)O. The van der Waals surface area contributed by atoms with E-state index >= 15 is 0 Å². The van der Waals surface area contributed by atoms with Crippen molar-refractivity contribution in [1.29, 1.82) is 0 Å². The van der Waals surface area contributed by atoms with E-state index < -0.39 is 10.1 Å². The van der Waals surface area contributed by atoms with Gasteiger partial charge in [0.25, 0.3) is 10.1 Å². The highest BCUT2D eigenvalue weighted by Gasteiger charge is 2.02. The maximum absolute atomic E-state index is 10.5. The summed E-state index contributed by atoms with van der Waals surface area (Å²) in [7, 11) is -3.76. The Kier molecular flexibility index (Phi) is 14.9. The highest BCUT2D eigenvalue weighted by Crippen LogP contribution is 2.08. The fraction of sp³-hybridized carbons (Fsp3) is 0.778. The van der Waals surface area contributed by atoms with Gasteiger partial charge in [-0.15, -0.1) is 0 Å². The second-order valence-electron chi connectivity index (χ2n) is 5.87. The van der Waals surface area contributed by atoms with Gasteiger partial charge in [0.2, 0.25) is 0 Å². The van der Waals surface area contributed by atoms with Gasteiger partial charge in [-0.1, -0.05) is 69.8 Å². The highest BCUT2D eigenvalue weighted by atomic mass is 32.2. The molecule has 0 bridgehead atoms. The van der Waals surface area contributed by atoms with Crippen LogP contribution < -0.4 is 0 Å². The van der Waals surface area contributed by atoms with Crippen molar-refractivity contribution in [3.8, 4) is 0 Å². The molecule has 0 radical (unpaired) electrons. The Balaban J connectivity index is 3.24. The van der Waals surface area contributed by atoms with E-state index in [1.165, 1.54) is 38.5 Å². The highest BCUT2D eigenvalue weighted by molar-refractivity contribution is 7.85. The lowest BCUT2D eigenvalue weighted by molar-refractivity contribution is 0.478. The molecule has 130 valence electrons. The summed E-state index contributed by atoms with van der Waals surface area (Å²) in [4.78, 5) is 0. The van der Waals surface area contributed by atoms with Crippen LogP contribution in [-0.4, -0.2) is 18.7 Å². The number of hydrogen-bond acceptors (Lipinski definition) is 2. The van der Waals surface area contributed by atoms with Gasteiger partial charge >= 0.3 is 0 Å². The van der Waals surface area contributed by atoms with E-state index in [2.05, 4.69) is 31.2 Å². The van der Waals surface area contributed by atoms with Crippen molar-refractivity contribution in [1.82, 2.24) is 0 Å². The van der Waals surface area contributed by atoms with Crippen LogP contribution in [0.2, 0.25) is 0 Å². The van der Waals surface area contributed by atoms with Crippen molar-refractivity contribution in [3.63, 3.8) is 0 Å². The summed E-state index contributed by atoms with van der Waals surface area (Å²) in [6.07, 6.45) is 22.4. The minimum absolute atomic E-state index is 0.0955. The van der Waals surface area contributed by atoms with Crippen LogP contribution in [0.15, 0.2) is 24.3 Å². The Morgan fingerprint density at radius 2 is 1.23 bits per heavy atom. The smallest absolute Gasteiger partial charge is 0.264 e. The number of allylic oxidation sites excluding steroid dienone is 4. The van der Waals surface area contributed by atoms with E-state index in [1.807, 2.05) is 0 Å². The van der Waals surface area contributed by atoms with Gasteiger partial charge < -0.3 is 0 Å². The molecule has 1 N–H and O–H groups in total. The average molecular weight is 331 g/mol. The van der Waals surface area contributed by atoms with E-state index in [9.17, 15) is 8.42 Å². The van der Waals surface area contributed by atoms with Crippen molar-refractivity contribution in [2.24, 2.45) is 0 Å². The van der Waals surface area contributed by atoms with Crippen LogP contribution in [0.4, 0.5) is 0 Å². The molecule has 0 aliphatic carbocycles. The molecule has 0 aliphatic heterocycles. The monoisotopic (exact) mass is 330 g/mol. The predicted octanol–water partition coefficient (Wildman–Crippen LogP) is 5.69. The Morgan fingerprint density at radius 3 is 1.77 bits per heavy atom. The lowest BCUT2D eigenvalue weighted by Crippen LogP contribution is -2.03. The third kappa shape index (κ3) is 19.4. The van der Waals surface area contributed by atoms with Crippen LogP contribution in [0.3, 0.4) is 0 Å². The largest absolute Gasteiger partial charge is 0.286 e. The molecule has 0 aliphatic rings. The molecule has 0 rings (SSSR count). The fourth-order valence-corrected chi connectivity index (χ4v) is 2.84. The lowest BCUT2D eigenvalue weighted by Gasteiger charge is -1.99. The molecule has 0 heterocycles. The average Bonchev–Trinajstić information content (AvgIpc) is 2.45. The number of hydrogen-bond donors (Lipinski definition) is 1. The molecule has 3 nitrogen and oxygen atoms in total. The number of rotatable bonds is 15. The molecule has 0 atom stereocenters. The second kappa shape index (κ2) is 15.3. The molecule has 0 spiro atoms. The quantitative estimate of drug-likeness (QED) is 0.238. The summed E-state index contributed by atoms with van der Waals surface area (Å²) in [6.45, 7) is 2.23. The Morgan fingerprint density at radius 1 is 0.727 bits per heavy atom. The van der Waals surface area contributed by atoms with E-state index in [1.54, 1.807) is 0 Å². The first-order valence-corrected chi connectivity index (χ1v) is 10.4. The summed E-state index contributed by atoms with van der Waals surface area (Å²) < 4.78 is 29.6. The first kappa shape index (κ1) is 21.4. The molecular formula is C18H34O3S. The minimum Gasteiger partial charge on any atom is -0.286 e. The van der Waals surface area contributed by atoms with Gasteiger partial charge in [-0.2, -0.15) is 8.42 Å². The molecule has 0 saturated carbocycles. The predicted molar refractivity (Wildman–Crippen MR) is 95.8 cm³/mol. The molecule has 0 unspecified atom stereocenters. The van der Waals surface area contributed by atoms with Crippen LogP contribution >= 0.6 is 0 Å². The van der Waals surface area contributed by atoms with E-state index in [0.717, 1.165) is 32.1 Å². The van der Waals surface area contributed by atoms with Crippen molar-refractivity contribution in [2.45, 2.75) is 84.0 Å². The van der Waals surface area contributed by atoms with Gasteiger partial charge in [0, 0.05) is 0 Å². The molecule has 0 aromatic carbocycles. The maximum Gasteiger partial charge on any atom is 0.264 e. The van der Waals surface area contributed by atoms with E-state index in [4.69, 9.17) is 4.55 Å². The summed E-state index contributed by atoms with van der Waals surface area (Å²) in [5.41, 5.74) is 0. The summed E-state index contributed by atoms with van der Waals surface area (Å²) in [5, 5.41) is 0. The van der Waals surface area contributed by atoms with Crippen molar-refractivity contribution in [2.75, 3.05) is 5.75 Å². The van der Waals surface area contributed by atoms with Crippen LogP contribution in [0.25, 0.3) is 0 Å². The molecule has 0 amide bonds. The molecule has 0 fully saturated rings.